The summed E-state index contributed by atoms with van der Waals surface area (Å²) in [7, 11) is 3.02. The summed E-state index contributed by atoms with van der Waals surface area (Å²) in [6.07, 6.45) is 0.577. The largest absolute Gasteiger partial charge is 0.482 e. The average molecular weight is 293 g/mol. The van der Waals surface area contributed by atoms with Gasteiger partial charge in [-0.05, 0) is 30.5 Å². The molecule has 1 heterocycles. The van der Waals surface area contributed by atoms with Crippen LogP contribution in [0.25, 0.3) is 0 Å². The van der Waals surface area contributed by atoms with Crippen LogP contribution in [0.3, 0.4) is 0 Å². The van der Waals surface area contributed by atoms with Gasteiger partial charge in [0.05, 0.1) is 18.9 Å². The van der Waals surface area contributed by atoms with E-state index in [4.69, 9.17) is 4.74 Å². The highest BCUT2D eigenvalue weighted by molar-refractivity contribution is 5.97. The molecule has 1 N–H and O–H groups in total. The second-order valence-corrected chi connectivity index (χ2v) is 4.95. The highest BCUT2D eigenvalue weighted by atomic mass is 16.5. The lowest BCUT2D eigenvalue weighted by molar-refractivity contribution is -0.140. The summed E-state index contributed by atoms with van der Waals surface area (Å²) in [4.78, 5) is 24.2. The van der Waals surface area contributed by atoms with Gasteiger partial charge in [0.2, 0.25) is 0 Å². The van der Waals surface area contributed by atoms with Gasteiger partial charge in [-0.2, -0.15) is 0 Å². The number of nitrogens with zero attached hydrogens (tertiary/aromatic N) is 1. The Labute approximate surface area is 123 Å². The van der Waals surface area contributed by atoms with E-state index in [-0.39, 0.29) is 24.9 Å². The fourth-order valence-corrected chi connectivity index (χ4v) is 2.20. The van der Waals surface area contributed by atoms with Gasteiger partial charge >= 0.3 is 5.97 Å². The van der Waals surface area contributed by atoms with E-state index < -0.39 is 6.10 Å². The number of hydrogen-bond donors (Lipinski definition) is 1. The fraction of sp³-hybridized carbons (Fsp3) is 0.467. The van der Waals surface area contributed by atoms with E-state index in [1.165, 1.54) is 12.0 Å². The Kier molecular flexibility index (Phi) is 4.80. The van der Waals surface area contributed by atoms with Crippen molar-refractivity contribution in [1.29, 1.82) is 0 Å². The molecule has 0 aromatic heterocycles. The summed E-state index contributed by atoms with van der Waals surface area (Å²) in [5, 5.41) is 10.2. The van der Waals surface area contributed by atoms with Gasteiger partial charge in [-0.25, -0.2) is 0 Å². The lowest BCUT2D eigenvalue weighted by Gasteiger charge is -2.27. The third-order valence-corrected chi connectivity index (χ3v) is 3.54. The number of carbonyl (C=O) groups is 2. The Morgan fingerprint density at radius 2 is 2.29 bits per heavy atom. The molecule has 0 bridgehead atoms. The molecule has 114 valence electrons. The summed E-state index contributed by atoms with van der Waals surface area (Å²) in [5.74, 6) is 0.216. The van der Waals surface area contributed by atoms with Gasteiger partial charge in [0.25, 0.3) is 5.91 Å². The molecule has 1 amide bonds. The molecule has 1 aliphatic rings. The average Bonchev–Trinajstić information content (AvgIpc) is 2.50. The van der Waals surface area contributed by atoms with Gasteiger partial charge in [0, 0.05) is 13.5 Å². The van der Waals surface area contributed by atoms with E-state index in [0.29, 0.717) is 29.8 Å². The molecule has 1 aliphatic heterocycles. The van der Waals surface area contributed by atoms with E-state index in [1.807, 2.05) is 0 Å². The molecule has 1 unspecified atom stereocenters. The van der Waals surface area contributed by atoms with Crippen LogP contribution < -0.4 is 9.64 Å². The molecule has 6 nitrogen and oxygen atoms in total. The predicted octanol–water partition coefficient (Wildman–Crippen LogP) is 1.42. The zero-order valence-electron chi connectivity index (χ0n) is 12.2. The van der Waals surface area contributed by atoms with Crippen molar-refractivity contribution in [3.8, 4) is 5.75 Å². The number of ether oxygens (including phenoxy) is 2. The standard InChI is InChI=1S/C15H19NO5/c1-16-11-8-10(6-7-13(11)21-9-14(16)18)12(17)4-3-5-15(19)20-2/h6-8,12,17H,3-5,9H2,1-2H3. The van der Waals surface area contributed by atoms with Crippen LogP contribution in [0.2, 0.25) is 0 Å². The second-order valence-electron chi connectivity index (χ2n) is 4.95. The number of hydrogen-bond acceptors (Lipinski definition) is 5. The number of carbonyl (C=O) groups excluding carboxylic acids is 2. The molecule has 0 spiro atoms. The van der Waals surface area contributed by atoms with E-state index in [1.54, 1.807) is 25.2 Å². The Morgan fingerprint density at radius 1 is 1.52 bits per heavy atom. The van der Waals surface area contributed by atoms with Gasteiger partial charge in [-0.3, -0.25) is 9.59 Å². The van der Waals surface area contributed by atoms with Crippen LogP contribution in [-0.4, -0.2) is 37.7 Å². The number of rotatable bonds is 5. The van der Waals surface area contributed by atoms with Gasteiger partial charge < -0.3 is 19.5 Å². The summed E-state index contributed by atoms with van der Waals surface area (Å²) in [6.45, 7) is 0.0323. The van der Waals surface area contributed by atoms with Crippen molar-refractivity contribution < 1.29 is 24.2 Å². The van der Waals surface area contributed by atoms with E-state index in [0.717, 1.165) is 0 Å². The van der Waals surface area contributed by atoms with Crippen LogP contribution in [0.5, 0.6) is 5.75 Å². The quantitative estimate of drug-likeness (QED) is 0.831. The van der Waals surface area contributed by atoms with E-state index in [2.05, 4.69) is 4.74 Å². The first-order valence-corrected chi connectivity index (χ1v) is 6.81. The molecular weight excluding hydrogens is 274 g/mol. The van der Waals surface area contributed by atoms with Crippen molar-refractivity contribution in [2.75, 3.05) is 25.7 Å². The molecule has 1 aromatic rings. The van der Waals surface area contributed by atoms with Gasteiger partial charge in [-0.1, -0.05) is 6.07 Å². The van der Waals surface area contributed by atoms with Crippen LogP contribution in [0, 0.1) is 0 Å². The minimum absolute atomic E-state index is 0.0323. The monoisotopic (exact) mass is 293 g/mol. The van der Waals surface area contributed by atoms with Crippen molar-refractivity contribution in [3.63, 3.8) is 0 Å². The highest BCUT2D eigenvalue weighted by Crippen LogP contribution is 2.34. The summed E-state index contributed by atoms with van der Waals surface area (Å²) < 4.78 is 9.89. The summed E-state index contributed by atoms with van der Waals surface area (Å²) in [6, 6.07) is 5.26. The van der Waals surface area contributed by atoms with Crippen molar-refractivity contribution in [2.45, 2.75) is 25.4 Å². The van der Waals surface area contributed by atoms with Crippen LogP contribution in [0.1, 0.15) is 30.9 Å². The third kappa shape index (κ3) is 3.52. The third-order valence-electron chi connectivity index (χ3n) is 3.54. The number of amides is 1. The van der Waals surface area contributed by atoms with Crippen molar-refractivity contribution in [1.82, 2.24) is 0 Å². The smallest absolute Gasteiger partial charge is 0.305 e. The lowest BCUT2D eigenvalue weighted by Crippen LogP contribution is -2.35. The summed E-state index contributed by atoms with van der Waals surface area (Å²) >= 11 is 0. The van der Waals surface area contributed by atoms with Crippen molar-refractivity contribution in [2.24, 2.45) is 0 Å². The first-order chi connectivity index (χ1) is 10.0. The number of likely N-dealkylation sites (N-methyl/N-ethyl adjacent to an activating group) is 1. The maximum absolute atomic E-state index is 11.6. The molecule has 1 aromatic carbocycles. The molecule has 0 aliphatic carbocycles. The number of aliphatic hydroxyl groups excluding tert-OH is 1. The Hall–Kier alpha value is -2.08. The second kappa shape index (κ2) is 6.58. The highest BCUT2D eigenvalue weighted by Gasteiger charge is 2.23. The molecule has 0 radical (unpaired) electrons. The number of fused-ring (bicyclic) bond motifs is 1. The molecule has 1 atom stereocenters. The maximum atomic E-state index is 11.6. The van der Waals surface area contributed by atoms with E-state index >= 15 is 0 Å². The predicted molar refractivity (Wildman–Crippen MR) is 76.2 cm³/mol. The van der Waals surface area contributed by atoms with Gasteiger partial charge in [0.15, 0.2) is 6.61 Å². The van der Waals surface area contributed by atoms with Crippen molar-refractivity contribution in [3.05, 3.63) is 23.8 Å². The normalized spacial score (nSPS) is 15.2. The molecule has 0 saturated carbocycles. The first-order valence-electron chi connectivity index (χ1n) is 6.81. The molecular formula is C15H19NO5. The Morgan fingerprint density at radius 3 is 3.00 bits per heavy atom. The molecule has 2 rings (SSSR count). The van der Waals surface area contributed by atoms with Crippen molar-refractivity contribution >= 4 is 17.6 Å². The number of esters is 1. The number of anilines is 1. The zero-order chi connectivity index (χ0) is 15.4. The SMILES string of the molecule is COC(=O)CCCC(O)c1ccc2c(c1)N(C)C(=O)CO2. The molecule has 6 heteroatoms. The lowest BCUT2D eigenvalue weighted by atomic mass is 10.0. The van der Waals surface area contributed by atoms with Gasteiger partial charge in [0.1, 0.15) is 5.75 Å². The minimum atomic E-state index is -0.689. The molecule has 0 saturated heterocycles. The fourth-order valence-electron chi connectivity index (χ4n) is 2.20. The van der Waals surface area contributed by atoms with Crippen LogP contribution in [-0.2, 0) is 14.3 Å². The van der Waals surface area contributed by atoms with Gasteiger partial charge in [-0.15, -0.1) is 0 Å². The number of benzene rings is 1. The van der Waals surface area contributed by atoms with E-state index in [9.17, 15) is 14.7 Å². The van der Waals surface area contributed by atoms with Crippen LogP contribution in [0.4, 0.5) is 5.69 Å². The number of methoxy groups -OCH3 is 1. The first kappa shape index (κ1) is 15.3. The topological polar surface area (TPSA) is 76.1 Å². The van der Waals surface area contributed by atoms with Crippen LogP contribution in [0.15, 0.2) is 18.2 Å². The maximum Gasteiger partial charge on any atom is 0.305 e. The Balaban J connectivity index is 2.04. The summed E-state index contributed by atoms with van der Waals surface area (Å²) in [5.41, 5.74) is 1.35. The molecule has 0 fully saturated rings. The number of aliphatic hydroxyl groups is 1. The zero-order valence-corrected chi connectivity index (χ0v) is 12.2. The minimum Gasteiger partial charge on any atom is -0.482 e. The Bertz CT molecular complexity index is 543. The van der Waals surface area contributed by atoms with Crippen LogP contribution >= 0.6 is 0 Å². The molecule has 21 heavy (non-hydrogen) atoms.